The minimum atomic E-state index is -0.813. The van der Waals surface area contributed by atoms with Gasteiger partial charge in [-0.25, -0.2) is 4.39 Å². The predicted octanol–water partition coefficient (Wildman–Crippen LogP) is 1.81. The van der Waals surface area contributed by atoms with Crippen LogP contribution in [0.4, 0.5) is 15.8 Å². The lowest BCUT2D eigenvalue weighted by Gasteiger charge is -2.22. The number of halogens is 1. The number of nitrogen functional groups attached to an aromatic ring is 1. The first-order chi connectivity index (χ1) is 10.6. The van der Waals surface area contributed by atoms with Gasteiger partial charge in [-0.15, -0.1) is 0 Å². The second-order valence-corrected chi connectivity index (χ2v) is 6.62. The van der Waals surface area contributed by atoms with Crippen molar-refractivity contribution in [3.05, 3.63) is 24.0 Å². The molecule has 1 atom stereocenters. The molecule has 1 aliphatic heterocycles. The molecule has 23 heavy (non-hydrogen) atoms. The highest BCUT2D eigenvalue weighted by atomic mass is 19.1. The van der Waals surface area contributed by atoms with Crippen molar-refractivity contribution in [2.45, 2.75) is 44.8 Å². The Labute approximate surface area is 134 Å². The lowest BCUT2D eigenvalue weighted by molar-refractivity contribution is -0.149. The fourth-order valence-corrected chi connectivity index (χ4v) is 2.76. The molecule has 0 aliphatic carbocycles. The molecule has 0 bridgehead atoms. The van der Waals surface area contributed by atoms with Crippen molar-refractivity contribution in [3.8, 4) is 0 Å². The summed E-state index contributed by atoms with van der Waals surface area (Å²) in [5.41, 5.74) is 4.64. The minimum Gasteiger partial charge on any atom is -0.458 e. The van der Waals surface area contributed by atoms with Gasteiger partial charge in [0.2, 0.25) is 5.91 Å². The second kappa shape index (κ2) is 6.16. The van der Waals surface area contributed by atoms with Crippen LogP contribution in [-0.4, -0.2) is 29.6 Å². The van der Waals surface area contributed by atoms with Gasteiger partial charge in [0.25, 0.3) is 0 Å². The van der Waals surface area contributed by atoms with E-state index in [1.807, 2.05) is 13.8 Å². The Hall–Kier alpha value is -2.15. The van der Waals surface area contributed by atoms with Crippen LogP contribution in [0.25, 0.3) is 0 Å². The second-order valence-electron chi connectivity index (χ2n) is 6.62. The number of nitrogens with one attached hydrogen (secondary N) is 2. The molecular weight excluding hydrogens is 301 g/mol. The van der Waals surface area contributed by atoms with Crippen molar-refractivity contribution in [3.63, 3.8) is 0 Å². The van der Waals surface area contributed by atoms with Gasteiger partial charge in [0, 0.05) is 25.1 Å². The van der Waals surface area contributed by atoms with Crippen LogP contribution in [0.2, 0.25) is 0 Å². The Kier molecular flexibility index (Phi) is 4.61. The minimum absolute atomic E-state index is 0.0441. The fourth-order valence-electron chi connectivity index (χ4n) is 2.76. The van der Waals surface area contributed by atoms with E-state index in [2.05, 4.69) is 10.6 Å². The van der Waals surface area contributed by atoms with Gasteiger partial charge in [-0.3, -0.25) is 9.59 Å². The van der Waals surface area contributed by atoms with Crippen LogP contribution in [0.3, 0.4) is 0 Å². The molecule has 1 aromatic carbocycles. The molecule has 2 rings (SSSR count). The van der Waals surface area contributed by atoms with Crippen LogP contribution in [0, 0.1) is 5.82 Å². The average molecular weight is 323 g/mol. The van der Waals surface area contributed by atoms with E-state index in [1.54, 1.807) is 6.92 Å². The van der Waals surface area contributed by atoms with Gasteiger partial charge in [-0.05, 0) is 39.0 Å². The van der Waals surface area contributed by atoms with Crippen molar-refractivity contribution in [1.29, 1.82) is 0 Å². The number of cyclic esters (lactones) is 1. The summed E-state index contributed by atoms with van der Waals surface area (Å²) in [6, 6.07) is 3.97. The molecular formula is C16H22FN3O3. The summed E-state index contributed by atoms with van der Waals surface area (Å²) in [6.45, 7) is 5.71. The number of nitrogens with two attached hydrogens (primary N) is 1. The molecule has 1 unspecified atom stereocenters. The maximum Gasteiger partial charge on any atom is 0.326 e. The first kappa shape index (κ1) is 17.2. The molecule has 1 aliphatic rings. The van der Waals surface area contributed by atoms with Crippen LogP contribution in [-0.2, 0) is 14.3 Å². The standard InChI is InChI=1S/C16H22FN3O3/c1-15(2)9-16(3,14(22)23-15)19-7-6-13(21)20-12-8-10(18)4-5-11(12)17/h4-5,8,19H,6-7,9,18H2,1-3H3,(H,20,21). The zero-order valence-electron chi connectivity index (χ0n) is 13.5. The zero-order valence-corrected chi connectivity index (χ0v) is 13.5. The summed E-state index contributed by atoms with van der Waals surface area (Å²) in [5, 5.41) is 5.52. The van der Waals surface area contributed by atoms with Crippen molar-refractivity contribution in [1.82, 2.24) is 5.32 Å². The summed E-state index contributed by atoms with van der Waals surface area (Å²) in [6.07, 6.45) is 0.613. The Balaban J connectivity index is 1.86. The smallest absolute Gasteiger partial charge is 0.326 e. The molecule has 1 aromatic rings. The molecule has 1 heterocycles. The van der Waals surface area contributed by atoms with E-state index in [1.165, 1.54) is 18.2 Å². The largest absolute Gasteiger partial charge is 0.458 e. The molecule has 0 spiro atoms. The van der Waals surface area contributed by atoms with E-state index in [0.29, 0.717) is 12.1 Å². The van der Waals surface area contributed by atoms with E-state index in [-0.39, 0.29) is 30.5 Å². The SMILES string of the molecule is CC1(C)CC(C)(NCCC(=O)Nc2cc(N)ccc2F)C(=O)O1. The van der Waals surface area contributed by atoms with Crippen molar-refractivity contribution in [2.24, 2.45) is 0 Å². The third kappa shape index (κ3) is 4.19. The van der Waals surface area contributed by atoms with Gasteiger partial charge in [0.1, 0.15) is 17.0 Å². The van der Waals surface area contributed by atoms with Crippen LogP contribution in [0.5, 0.6) is 0 Å². The number of esters is 1. The first-order valence-corrected chi connectivity index (χ1v) is 7.45. The highest BCUT2D eigenvalue weighted by molar-refractivity contribution is 5.91. The van der Waals surface area contributed by atoms with E-state index in [4.69, 9.17) is 10.5 Å². The van der Waals surface area contributed by atoms with Crippen molar-refractivity contribution >= 4 is 23.3 Å². The molecule has 4 N–H and O–H groups in total. The van der Waals surface area contributed by atoms with Crippen LogP contribution in [0.15, 0.2) is 18.2 Å². The number of carbonyl (C=O) groups excluding carboxylic acids is 2. The highest BCUT2D eigenvalue weighted by Gasteiger charge is 2.49. The Bertz CT molecular complexity index is 633. The van der Waals surface area contributed by atoms with Crippen molar-refractivity contribution in [2.75, 3.05) is 17.6 Å². The monoisotopic (exact) mass is 323 g/mol. The van der Waals surface area contributed by atoms with Gasteiger partial charge in [-0.1, -0.05) is 0 Å². The molecule has 1 amide bonds. The molecule has 1 saturated heterocycles. The normalized spacial score (nSPS) is 22.7. The molecule has 126 valence electrons. The Morgan fingerprint density at radius 2 is 2.09 bits per heavy atom. The van der Waals surface area contributed by atoms with Gasteiger partial charge >= 0.3 is 5.97 Å². The molecule has 0 saturated carbocycles. The Morgan fingerprint density at radius 3 is 2.70 bits per heavy atom. The molecule has 6 nitrogen and oxygen atoms in total. The molecule has 7 heteroatoms. The lowest BCUT2D eigenvalue weighted by atomic mass is 9.92. The van der Waals surface area contributed by atoms with E-state index >= 15 is 0 Å². The van der Waals surface area contributed by atoms with E-state index in [9.17, 15) is 14.0 Å². The van der Waals surface area contributed by atoms with Crippen molar-refractivity contribution < 1.29 is 18.7 Å². The summed E-state index contributed by atoms with van der Waals surface area (Å²) in [7, 11) is 0. The number of benzene rings is 1. The molecule has 1 fully saturated rings. The number of carbonyl (C=O) groups is 2. The topological polar surface area (TPSA) is 93.5 Å². The summed E-state index contributed by atoms with van der Waals surface area (Å²) in [4.78, 5) is 23.8. The van der Waals surface area contributed by atoms with Crippen LogP contribution in [0.1, 0.15) is 33.6 Å². The summed E-state index contributed by atoms with van der Waals surface area (Å²) >= 11 is 0. The van der Waals surface area contributed by atoms with Gasteiger partial charge in [0.15, 0.2) is 0 Å². The number of amides is 1. The van der Waals surface area contributed by atoms with E-state index in [0.717, 1.165) is 0 Å². The van der Waals surface area contributed by atoms with E-state index < -0.39 is 17.0 Å². The quantitative estimate of drug-likeness (QED) is 0.567. The maximum absolute atomic E-state index is 13.5. The number of hydrogen-bond donors (Lipinski definition) is 3. The maximum atomic E-state index is 13.5. The zero-order chi connectivity index (χ0) is 17.3. The third-order valence-corrected chi connectivity index (χ3v) is 3.73. The van der Waals surface area contributed by atoms with Gasteiger partial charge in [0.05, 0.1) is 5.69 Å². The van der Waals surface area contributed by atoms with Gasteiger partial charge < -0.3 is 21.1 Å². The third-order valence-electron chi connectivity index (χ3n) is 3.73. The number of ether oxygens (including phenoxy) is 1. The first-order valence-electron chi connectivity index (χ1n) is 7.45. The van der Waals surface area contributed by atoms with Gasteiger partial charge in [-0.2, -0.15) is 0 Å². The average Bonchev–Trinajstić information content (AvgIpc) is 2.62. The van der Waals surface area contributed by atoms with Crippen LogP contribution < -0.4 is 16.4 Å². The lowest BCUT2D eigenvalue weighted by Crippen LogP contribution is -2.47. The summed E-state index contributed by atoms with van der Waals surface area (Å²) in [5.74, 6) is -1.24. The number of anilines is 2. The summed E-state index contributed by atoms with van der Waals surface area (Å²) < 4.78 is 18.8. The number of rotatable bonds is 5. The molecule has 0 radical (unpaired) electrons. The van der Waals surface area contributed by atoms with Crippen LogP contribution >= 0.6 is 0 Å². The predicted molar refractivity (Wildman–Crippen MR) is 85.3 cm³/mol. The number of hydrogen-bond acceptors (Lipinski definition) is 5. The highest BCUT2D eigenvalue weighted by Crippen LogP contribution is 2.33. The molecule has 0 aromatic heterocycles. The fraction of sp³-hybridized carbons (Fsp3) is 0.500. The Morgan fingerprint density at radius 1 is 1.39 bits per heavy atom.